The largest absolute Gasteiger partial charge is 0.416 e. The maximum Gasteiger partial charge on any atom is 0.416 e. The van der Waals surface area contributed by atoms with Crippen molar-refractivity contribution in [2.45, 2.75) is 39.4 Å². The van der Waals surface area contributed by atoms with Gasteiger partial charge in [-0.1, -0.05) is 37.3 Å². The van der Waals surface area contributed by atoms with Crippen LogP contribution < -0.4 is 10.5 Å². The van der Waals surface area contributed by atoms with Crippen LogP contribution in [0.15, 0.2) is 23.0 Å². The van der Waals surface area contributed by atoms with Crippen molar-refractivity contribution in [2.24, 2.45) is 0 Å². The Hall–Kier alpha value is -2.46. The first kappa shape index (κ1) is 21.8. The molecule has 1 aromatic carbocycles. The lowest BCUT2D eigenvalue weighted by molar-refractivity contribution is -0.138. The summed E-state index contributed by atoms with van der Waals surface area (Å²) >= 11 is 1.27. The van der Waals surface area contributed by atoms with Crippen LogP contribution in [0.1, 0.15) is 42.3 Å². The number of aromatic nitrogens is 3. The number of thiazole rings is 1. The first-order chi connectivity index (χ1) is 14.7. The number of fused-ring (bicyclic) bond motifs is 1. The number of morpholine rings is 1. The summed E-state index contributed by atoms with van der Waals surface area (Å²) in [6.45, 7) is 7.94. The summed E-state index contributed by atoms with van der Waals surface area (Å²) in [6.07, 6.45) is -4.43. The van der Waals surface area contributed by atoms with Gasteiger partial charge in [0.05, 0.1) is 25.3 Å². The van der Waals surface area contributed by atoms with Gasteiger partial charge in [0.25, 0.3) is 5.56 Å². The highest BCUT2D eigenvalue weighted by Gasteiger charge is 2.33. The lowest BCUT2D eigenvalue weighted by Gasteiger charge is -2.25. The van der Waals surface area contributed by atoms with Gasteiger partial charge in [-0.2, -0.15) is 18.2 Å². The van der Waals surface area contributed by atoms with E-state index >= 15 is 0 Å². The topological polar surface area (TPSA) is 60.2 Å². The van der Waals surface area contributed by atoms with E-state index in [1.54, 1.807) is 10.6 Å². The van der Waals surface area contributed by atoms with Crippen molar-refractivity contribution in [1.82, 2.24) is 14.5 Å². The van der Waals surface area contributed by atoms with Crippen molar-refractivity contribution in [1.29, 1.82) is 0 Å². The molecule has 1 aliphatic rings. The van der Waals surface area contributed by atoms with E-state index < -0.39 is 11.7 Å². The molecule has 0 spiro atoms. The highest BCUT2D eigenvalue weighted by Crippen LogP contribution is 2.34. The molecule has 166 valence electrons. The smallest absolute Gasteiger partial charge is 0.378 e. The minimum atomic E-state index is -4.43. The molecular formula is C21H23F3N4O2S. The van der Waals surface area contributed by atoms with E-state index in [-0.39, 0.29) is 23.6 Å². The lowest BCUT2D eigenvalue weighted by Crippen LogP contribution is -2.36. The number of hydrogen-bond acceptors (Lipinski definition) is 6. The van der Waals surface area contributed by atoms with Gasteiger partial charge in [0.2, 0.25) is 0 Å². The van der Waals surface area contributed by atoms with Crippen molar-refractivity contribution >= 4 is 26.8 Å². The van der Waals surface area contributed by atoms with Crippen LogP contribution in [0.3, 0.4) is 0 Å². The summed E-state index contributed by atoms with van der Waals surface area (Å²) in [5.41, 5.74) is 0.137. The number of alkyl halides is 3. The second-order valence-electron chi connectivity index (χ2n) is 7.85. The minimum absolute atomic E-state index is 0.100. The van der Waals surface area contributed by atoms with E-state index in [1.807, 2.05) is 13.8 Å². The number of ether oxygens (including phenoxy) is 1. The molecule has 0 N–H and O–H groups in total. The van der Waals surface area contributed by atoms with Gasteiger partial charge in [0.15, 0.2) is 10.8 Å². The van der Waals surface area contributed by atoms with Crippen LogP contribution in [-0.4, -0.2) is 40.8 Å². The molecule has 2 aromatic heterocycles. The van der Waals surface area contributed by atoms with Gasteiger partial charge in [-0.25, -0.2) is 4.98 Å². The summed E-state index contributed by atoms with van der Waals surface area (Å²) in [7, 11) is 0. The molecule has 0 bridgehead atoms. The van der Waals surface area contributed by atoms with Crippen molar-refractivity contribution in [2.75, 3.05) is 31.2 Å². The summed E-state index contributed by atoms with van der Waals surface area (Å²) in [5.74, 6) is 0.407. The molecule has 1 aliphatic heterocycles. The van der Waals surface area contributed by atoms with Gasteiger partial charge in [-0.15, -0.1) is 0 Å². The Labute approximate surface area is 181 Å². The standard InChI is InChI=1S/C21H23F3N4O2S/c1-12(2)17-25-19(29)16-18(26-20(31-16)27-7-9-30-10-8-27)28(17)11-14-5-4-6-15(13(14)3)21(22,23)24/h4-6,12H,7-11H2,1-3H3. The Balaban J connectivity index is 1.86. The van der Waals surface area contributed by atoms with Crippen molar-refractivity contribution in [3.8, 4) is 0 Å². The zero-order valence-electron chi connectivity index (χ0n) is 17.5. The highest BCUT2D eigenvalue weighted by molar-refractivity contribution is 7.22. The molecule has 0 saturated carbocycles. The normalized spacial score (nSPS) is 15.3. The van der Waals surface area contributed by atoms with Crippen molar-refractivity contribution in [3.05, 3.63) is 51.1 Å². The fraction of sp³-hybridized carbons (Fsp3) is 0.476. The van der Waals surface area contributed by atoms with Gasteiger partial charge in [-0.3, -0.25) is 4.79 Å². The summed E-state index contributed by atoms with van der Waals surface area (Å²) < 4.78 is 47.8. The predicted molar refractivity (Wildman–Crippen MR) is 114 cm³/mol. The van der Waals surface area contributed by atoms with Crippen LogP contribution in [0.4, 0.5) is 18.3 Å². The maximum absolute atomic E-state index is 13.4. The van der Waals surface area contributed by atoms with E-state index in [4.69, 9.17) is 9.72 Å². The number of nitrogens with zero attached hydrogens (tertiary/aromatic N) is 4. The second-order valence-corrected chi connectivity index (χ2v) is 8.83. The van der Waals surface area contributed by atoms with E-state index in [9.17, 15) is 18.0 Å². The molecule has 0 aliphatic carbocycles. The zero-order chi connectivity index (χ0) is 22.3. The fourth-order valence-corrected chi connectivity index (χ4v) is 4.77. The molecule has 3 heterocycles. The summed E-state index contributed by atoms with van der Waals surface area (Å²) in [6, 6.07) is 4.17. The van der Waals surface area contributed by atoms with Gasteiger partial charge in [-0.05, 0) is 24.1 Å². The molecule has 3 aromatic rings. The average molecular weight is 453 g/mol. The third-order valence-corrected chi connectivity index (χ3v) is 6.51. The number of anilines is 1. The number of hydrogen-bond donors (Lipinski definition) is 0. The number of halogens is 3. The van der Waals surface area contributed by atoms with Gasteiger partial charge in [0.1, 0.15) is 10.5 Å². The molecule has 1 saturated heterocycles. The zero-order valence-corrected chi connectivity index (χ0v) is 18.3. The van der Waals surface area contributed by atoms with Crippen LogP contribution >= 0.6 is 11.3 Å². The quantitative estimate of drug-likeness (QED) is 0.594. The molecular weight excluding hydrogens is 429 g/mol. The van der Waals surface area contributed by atoms with Crippen LogP contribution in [0.2, 0.25) is 0 Å². The molecule has 0 amide bonds. The van der Waals surface area contributed by atoms with E-state index in [1.165, 1.54) is 24.3 Å². The van der Waals surface area contributed by atoms with Crippen molar-refractivity contribution in [3.63, 3.8) is 0 Å². The third-order valence-electron chi connectivity index (χ3n) is 5.42. The van der Waals surface area contributed by atoms with Crippen molar-refractivity contribution < 1.29 is 17.9 Å². The lowest BCUT2D eigenvalue weighted by atomic mass is 10.0. The van der Waals surface area contributed by atoms with Gasteiger partial charge < -0.3 is 14.2 Å². The Morgan fingerprint density at radius 2 is 1.90 bits per heavy atom. The Kier molecular flexibility index (Phi) is 5.78. The molecule has 0 atom stereocenters. The predicted octanol–water partition coefficient (Wildman–Crippen LogP) is 4.19. The van der Waals surface area contributed by atoms with Crippen LogP contribution in [0, 0.1) is 6.92 Å². The summed E-state index contributed by atoms with van der Waals surface area (Å²) in [5, 5.41) is 0.702. The number of rotatable bonds is 4. The highest BCUT2D eigenvalue weighted by atomic mass is 32.1. The molecule has 31 heavy (non-hydrogen) atoms. The van der Waals surface area contributed by atoms with Crippen LogP contribution in [-0.2, 0) is 17.5 Å². The molecule has 6 nitrogen and oxygen atoms in total. The maximum atomic E-state index is 13.4. The molecule has 10 heteroatoms. The third kappa shape index (κ3) is 4.18. The Morgan fingerprint density at radius 3 is 2.55 bits per heavy atom. The Bertz CT molecular complexity index is 1160. The van der Waals surface area contributed by atoms with Crippen LogP contribution in [0.5, 0.6) is 0 Å². The van der Waals surface area contributed by atoms with E-state index in [2.05, 4.69) is 9.88 Å². The van der Waals surface area contributed by atoms with Gasteiger partial charge >= 0.3 is 6.18 Å². The van der Waals surface area contributed by atoms with Gasteiger partial charge in [0, 0.05) is 19.0 Å². The first-order valence-corrected chi connectivity index (χ1v) is 10.9. The SMILES string of the molecule is Cc1c(Cn2c(C(C)C)nc(=O)c3sc(N4CCOCC4)nc32)cccc1C(F)(F)F. The monoisotopic (exact) mass is 452 g/mol. The van der Waals surface area contributed by atoms with E-state index in [0.717, 1.165) is 6.07 Å². The minimum Gasteiger partial charge on any atom is -0.378 e. The summed E-state index contributed by atoms with van der Waals surface area (Å²) in [4.78, 5) is 23.8. The molecule has 1 fully saturated rings. The molecule has 0 unspecified atom stereocenters. The average Bonchev–Trinajstić information content (AvgIpc) is 3.17. The van der Waals surface area contributed by atoms with E-state index in [0.29, 0.717) is 53.2 Å². The van der Waals surface area contributed by atoms with Crippen LogP contribution in [0.25, 0.3) is 10.3 Å². The Morgan fingerprint density at radius 1 is 1.19 bits per heavy atom. The number of benzene rings is 1. The molecule has 4 rings (SSSR count). The fourth-order valence-electron chi connectivity index (χ4n) is 3.77. The first-order valence-electron chi connectivity index (χ1n) is 10.1. The second kappa shape index (κ2) is 8.23. The molecule has 0 radical (unpaired) electrons.